The zero-order chi connectivity index (χ0) is 22.2. The fourth-order valence-electron chi connectivity index (χ4n) is 6.42. The quantitative estimate of drug-likeness (QED) is 0.560. The van der Waals surface area contributed by atoms with E-state index < -0.39 is 0 Å². The lowest BCUT2D eigenvalue weighted by Crippen LogP contribution is -2.40. The highest BCUT2D eigenvalue weighted by molar-refractivity contribution is 5.95. The third-order valence-electron chi connectivity index (χ3n) is 8.14. The van der Waals surface area contributed by atoms with Gasteiger partial charge >= 0.3 is 5.97 Å². The van der Waals surface area contributed by atoms with E-state index in [1.54, 1.807) is 24.3 Å². The summed E-state index contributed by atoms with van der Waals surface area (Å²) in [5.41, 5.74) is 0.662. The van der Waals surface area contributed by atoms with Crippen LogP contribution in [0.4, 0.5) is 5.69 Å². The molecule has 4 aliphatic carbocycles. The Morgan fingerprint density at radius 1 is 0.719 bits per heavy atom. The van der Waals surface area contributed by atoms with Gasteiger partial charge in [-0.3, -0.25) is 19.2 Å². The molecular formula is C26H31NO5. The van der Waals surface area contributed by atoms with Crippen molar-refractivity contribution in [2.75, 3.05) is 5.32 Å². The number of ether oxygens (including phenoxy) is 1. The molecule has 0 aliphatic heterocycles. The molecular weight excluding hydrogens is 406 g/mol. The molecule has 1 aromatic carbocycles. The standard InChI is InChI=1S/C26H31NO5/c28-23-15-3-1-4-16(23)12-19(11-15)25(30)27-21-7-9-22(10-8-21)32-26(31)20-13-17-5-2-6-18(14-20)24(17)29/h7-10,15-20H,1-6,11-14H2,(H,27,30). The highest BCUT2D eigenvalue weighted by atomic mass is 16.5. The summed E-state index contributed by atoms with van der Waals surface area (Å²) >= 11 is 0. The monoisotopic (exact) mass is 437 g/mol. The number of carbonyl (C=O) groups excluding carboxylic acids is 4. The van der Waals surface area contributed by atoms with Crippen LogP contribution in [0, 0.1) is 35.5 Å². The lowest BCUT2D eigenvalue weighted by Gasteiger charge is -2.37. The van der Waals surface area contributed by atoms with Gasteiger partial charge in [-0.25, -0.2) is 0 Å². The minimum atomic E-state index is -0.260. The van der Waals surface area contributed by atoms with Crippen LogP contribution < -0.4 is 10.1 Å². The number of esters is 1. The van der Waals surface area contributed by atoms with Crippen molar-refractivity contribution in [3.8, 4) is 5.75 Å². The lowest BCUT2D eigenvalue weighted by atomic mass is 9.67. The van der Waals surface area contributed by atoms with E-state index in [9.17, 15) is 19.2 Å². The number of ketones is 2. The average molecular weight is 438 g/mol. The largest absolute Gasteiger partial charge is 0.426 e. The normalized spacial score (nSPS) is 34.0. The van der Waals surface area contributed by atoms with Gasteiger partial charge in [0.25, 0.3) is 0 Å². The maximum Gasteiger partial charge on any atom is 0.314 e. The molecule has 0 radical (unpaired) electrons. The van der Waals surface area contributed by atoms with E-state index >= 15 is 0 Å². The van der Waals surface area contributed by atoms with Crippen LogP contribution >= 0.6 is 0 Å². The van der Waals surface area contributed by atoms with E-state index in [1.165, 1.54) is 0 Å². The Morgan fingerprint density at radius 3 is 1.69 bits per heavy atom. The molecule has 5 rings (SSSR count). The van der Waals surface area contributed by atoms with Gasteiger partial charge < -0.3 is 10.1 Å². The van der Waals surface area contributed by atoms with Gasteiger partial charge in [0.05, 0.1) is 5.92 Å². The maximum atomic E-state index is 12.8. The fraction of sp³-hybridized carbons (Fsp3) is 0.615. The molecule has 6 nitrogen and oxygen atoms in total. The van der Waals surface area contributed by atoms with E-state index in [0.29, 0.717) is 48.7 Å². The Bertz CT molecular complexity index is 816. The lowest BCUT2D eigenvalue weighted by molar-refractivity contribution is -0.145. The van der Waals surface area contributed by atoms with Crippen LogP contribution in [-0.2, 0) is 19.2 Å². The number of Topliss-reactive ketones (excluding diaryl/α,β-unsaturated/α-hetero) is 2. The Morgan fingerprint density at radius 2 is 1.19 bits per heavy atom. The molecule has 0 spiro atoms. The number of amides is 1. The maximum absolute atomic E-state index is 12.8. The first-order valence-corrected chi connectivity index (χ1v) is 12.2. The Labute approximate surface area is 188 Å². The summed E-state index contributed by atoms with van der Waals surface area (Å²) in [4.78, 5) is 49.9. The van der Waals surface area contributed by atoms with Crippen molar-refractivity contribution in [3.05, 3.63) is 24.3 Å². The van der Waals surface area contributed by atoms with Gasteiger partial charge in [-0.15, -0.1) is 0 Å². The van der Waals surface area contributed by atoms with Crippen LogP contribution in [0.2, 0.25) is 0 Å². The van der Waals surface area contributed by atoms with Gasteiger partial charge in [-0.05, 0) is 75.6 Å². The van der Waals surface area contributed by atoms with E-state index in [-0.39, 0.29) is 47.4 Å². The number of benzene rings is 1. The number of hydrogen-bond donors (Lipinski definition) is 1. The first-order valence-electron chi connectivity index (χ1n) is 12.2. The van der Waals surface area contributed by atoms with Crippen molar-refractivity contribution >= 4 is 29.1 Å². The van der Waals surface area contributed by atoms with Crippen molar-refractivity contribution in [3.63, 3.8) is 0 Å². The zero-order valence-electron chi connectivity index (χ0n) is 18.4. The summed E-state index contributed by atoms with van der Waals surface area (Å²) in [6.45, 7) is 0. The summed E-state index contributed by atoms with van der Waals surface area (Å²) in [7, 11) is 0. The van der Waals surface area contributed by atoms with Crippen LogP contribution in [0.25, 0.3) is 0 Å². The second kappa shape index (κ2) is 8.80. The highest BCUT2D eigenvalue weighted by Crippen LogP contribution is 2.41. The topological polar surface area (TPSA) is 89.5 Å². The first-order chi connectivity index (χ1) is 15.5. The summed E-state index contributed by atoms with van der Waals surface area (Å²) in [6.07, 6.45) is 8.30. The predicted molar refractivity (Wildman–Crippen MR) is 118 cm³/mol. The number of carbonyl (C=O) groups is 4. The fourth-order valence-corrected chi connectivity index (χ4v) is 6.42. The smallest absolute Gasteiger partial charge is 0.314 e. The SMILES string of the molecule is O=C(Nc1ccc(OC(=O)C2CC3CCCC(C2)C3=O)cc1)C1CC2CCCC(C1)C2=O. The molecule has 4 unspecified atom stereocenters. The molecule has 1 amide bonds. The van der Waals surface area contributed by atoms with E-state index in [0.717, 1.165) is 38.5 Å². The third-order valence-corrected chi connectivity index (χ3v) is 8.14. The minimum absolute atomic E-state index is 0.0206. The molecule has 1 aromatic rings. The molecule has 6 heteroatoms. The Balaban J connectivity index is 1.15. The van der Waals surface area contributed by atoms with Crippen molar-refractivity contribution in [2.45, 2.75) is 64.2 Å². The molecule has 0 saturated heterocycles. The Kier molecular flexibility index (Phi) is 5.87. The van der Waals surface area contributed by atoms with Crippen LogP contribution in [0.15, 0.2) is 24.3 Å². The van der Waals surface area contributed by atoms with Gasteiger partial charge in [-0.1, -0.05) is 12.8 Å². The second-order valence-corrected chi connectivity index (χ2v) is 10.2. The Hall–Kier alpha value is -2.50. The van der Waals surface area contributed by atoms with Gasteiger partial charge in [0.1, 0.15) is 17.3 Å². The van der Waals surface area contributed by atoms with Crippen molar-refractivity contribution < 1.29 is 23.9 Å². The van der Waals surface area contributed by atoms with E-state index in [4.69, 9.17) is 4.74 Å². The number of rotatable bonds is 4. The molecule has 4 atom stereocenters. The number of nitrogens with one attached hydrogen (secondary N) is 1. The van der Waals surface area contributed by atoms with Crippen molar-refractivity contribution in [2.24, 2.45) is 35.5 Å². The summed E-state index contributed by atoms with van der Waals surface area (Å²) in [6, 6.07) is 6.88. The van der Waals surface area contributed by atoms with Crippen LogP contribution in [-0.4, -0.2) is 23.4 Å². The summed E-state index contributed by atoms with van der Waals surface area (Å²) in [5, 5.41) is 2.96. The average Bonchev–Trinajstić information content (AvgIpc) is 2.74. The predicted octanol–water partition coefficient (Wildman–Crippen LogP) is 4.32. The first kappa shape index (κ1) is 21.4. The van der Waals surface area contributed by atoms with E-state index in [1.807, 2.05) is 0 Å². The van der Waals surface area contributed by atoms with E-state index in [2.05, 4.69) is 5.32 Å². The summed E-state index contributed by atoms with van der Waals surface area (Å²) < 4.78 is 5.59. The van der Waals surface area contributed by atoms with Gasteiger partial charge in [0.2, 0.25) is 5.91 Å². The third kappa shape index (κ3) is 4.24. The van der Waals surface area contributed by atoms with Gasteiger partial charge in [0.15, 0.2) is 0 Å². The van der Waals surface area contributed by atoms with Gasteiger partial charge in [-0.2, -0.15) is 0 Å². The molecule has 4 aliphatic rings. The molecule has 170 valence electrons. The van der Waals surface area contributed by atoms with Gasteiger partial charge in [0, 0.05) is 35.3 Å². The molecule has 32 heavy (non-hydrogen) atoms. The van der Waals surface area contributed by atoms with Crippen molar-refractivity contribution in [1.29, 1.82) is 0 Å². The minimum Gasteiger partial charge on any atom is -0.426 e. The molecule has 0 heterocycles. The molecule has 0 aromatic heterocycles. The molecule has 4 fully saturated rings. The van der Waals surface area contributed by atoms with Crippen molar-refractivity contribution in [1.82, 2.24) is 0 Å². The zero-order valence-corrected chi connectivity index (χ0v) is 18.4. The number of anilines is 1. The molecule has 1 N–H and O–H groups in total. The van der Waals surface area contributed by atoms with Crippen LogP contribution in [0.5, 0.6) is 5.75 Å². The molecule has 4 saturated carbocycles. The number of hydrogen-bond acceptors (Lipinski definition) is 5. The number of fused-ring (bicyclic) bond motifs is 4. The molecule has 4 bridgehead atoms. The van der Waals surface area contributed by atoms with Crippen LogP contribution in [0.1, 0.15) is 64.2 Å². The second-order valence-electron chi connectivity index (χ2n) is 10.2. The van der Waals surface area contributed by atoms with Crippen LogP contribution in [0.3, 0.4) is 0 Å². The highest BCUT2D eigenvalue weighted by Gasteiger charge is 2.42. The summed E-state index contributed by atoms with van der Waals surface area (Å²) in [5.74, 6) is 0.674.